The normalized spacial score (nSPS) is 15.6. The summed E-state index contributed by atoms with van der Waals surface area (Å²) < 4.78 is 5.63. The summed E-state index contributed by atoms with van der Waals surface area (Å²) in [6.45, 7) is 8.54. The number of nitrogens with zero attached hydrogens (tertiary/aromatic N) is 2. The highest BCUT2D eigenvalue weighted by Gasteiger charge is 2.37. The van der Waals surface area contributed by atoms with Gasteiger partial charge in [0.15, 0.2) is 0 Å². The number of carbonyl (C=O) groups is 1. The molecule has 1 heterocycles. The minimum absolute atomic E-state index is 0.0674. The van der Waals surface area contributed by atoms with Gasteiger partial charge >= 0.3 is 0 Å². The molecule has 0 saturated carbocycles. The van der Waals surface area contributed by atoms with Crippen LogP contribution in [0, 0.1) is 0 Å². The third kappa shape index (κ3) is 4.52. The Hall–Kier alpha value is -3.60. The summed E-state index contributed by atoms with van der Waals surface area (Å²) >= 11 is 0. The maximum atomic E-state index is 13.7. The van der Waals surface area contributed by atoms with Crippen LogP contribution in [0.15, 0.2) is 83.9 Å². The summed E-state index contributed by atoms with van der Waals surface area (Å²) in [6.07, 6.45) is 0. The molecule has 0 bridgehead atoms. The number of nitrogens with one attached hydrogen (secondary N) is 1. The standard InChI is InChI=1S/C27H29N3O2/c1-5-32-21-17-15-20(16-18-21)30-24(26(31)29-27(2,3)4)22-13-9-10-14-23(22)28-25(30)19-11-7-6-8-12-19/h6-18,24H,5H2,1-4H3,(H,29,31). The van der Waals surface area contributed by atoms with E-state index in [9.17, 15) is 4.79 Å². The zero-order valence-corrected chi connectivity index (χ0v) is 19.0. The van der Waals surface area contributed by atoms with E-state index in [0.717, 1.165) is 34.1 Å². The topological polar surface area (TPSA) is 53.9 Å². The van der Waals surface area contributed by atoms with Crippen LogP contribution in [0.5, 0.6) is 5.75 Å². The molecule has 0 aromatic heterocycles. The Balaban J connectivity index is 1.89. The zero-order valence-electron chi connectivity index (χ0n) is 19.0. The lowest BCUT2D eigenvalue weighted by molar-refractivity contribution is -0.123. The number of anilines is 1. The van der Waals surface area contributed by atoms with Gasteiger partial charge in [-0.15, -0.1) is 0 Å². The number of hydrogen-bond donors (Lipinski definition) is 1. The fourth-order valence-corrected chi connectivity index (χ4v) is 3.88. The molecule has 0 fully saturated rings. The van der Waals surface area contributed by atoms with Crippen molar-refractivity contribution in [1.29, 1.82) is 0 Å². The third-order valence-electron chi connectivity index (χ3n) is 5.15. The van der Waals surface area contributed by atoms with Gasteiger partial charge in [-0.05, 0) is 58.0 Å². The Kier molecular flexibility index (Phi) is 5.99. The molecule has 1 N–H and O–H groups in total. The fraction of sp³-hybridized carbons (Fsp3) is 0.259. The molecule has 3 aromatic rings. The highest BCUT2D eigenvalue weighted by molar-refractivity contribution is 6.16. The van der Waals surface area contributed by atoms with Gasteiger partial charge in [-0.1, -0.05) is 48.5 Å². The first-order valence-corrected chi connectivity index (χ1v) is 10.9. The van der Waals surface area contributed by atoms with E-state index in [0.29, 0.717) is 6.61 Å². The minimum Gasteiger partial charge on any atom is -0.494 e. The quantitative estimate of drug-likeness (QED) is 0.573. The largest absolute Gasteiger partial charge is 0.494 e. The number of amides is 1. The number of aliphatic imine (C=N–C) groups is 1. The number of amidine groups is 1. The Labute approximate surface area is 189 Å². The van der Waals surface area contributed by atoms with Gasteiger partial charge in [0.1, 0.15) is 17.6 Å². The maximum absolute atomic E-state index is 13.7. The van der Waals surface area contributed by atoms with Crippen molar-refractivity contribution in [3.63, 3.8) is 0 Å². The van der Waals surface area contributed by atoms with E-state index < -0.39 is 6.04 Å². The lowest BCUT2D eigenvalue weighted by atomic mass is 9.96. The first-order chi connectivity index (χ1) is 15.4. The third-order valence-corrected chi connectivity index (χ3v) is 5.15. The summed E-state index contributed by atoms with van der Waals surface area (Å²) in [5.74, 6) is 1.47. The first-order valence-electron chi connectivity index (χ1n) is 10.9. The first kappa shape index (κ1) is 21.6. The van der Waals surface area contributed by atoms with Crippen molar-refractivity contribution in [3.05, 3.63) is 90.0 Å². The summed E-state index contributed by atoms with van der Waals surface area (Å²) in [4.78, 5) is 20.7. The highest BCUT2D eigenvalue weighted by atomic mass is 16.5. The van der Waals surface area contributed by atoms with Gasteiger partial charge in [-0.2, -0.15) is 0 Å². The van der Waals surface area contributed by atoms with Gasteiger partial charge in [0.25, 0.3) is 0 Å². The highest BCUT2D eigenvalue weighted by Crippen LogP contribution is 2.40. The average molecular weight is 428 g/mol. The molecule has 0 radical (unpaired) electrons. The second-order valence-electron chi connectivity index (χ2n) is 8.80. The molecule has 32 heavy (non-hydrogen) atoms. The Morgan fingerprint density at radius 3 is 2.28 bits per heavy atom. The molecule has 1 aliphatic rings. The van der Waals surface area contributed by atoms with E-state index >= 15 is 0 Å². The molecule has 1 unspecified atom stereocenters. The van der Waals surface area contributed by atoms with Gasteiger partial charge in [0, 0.05) is 22.4 Å². The van der Waals surface area contributed by atoms with Crippen LogP contribution in [0.2, 0.25) is 0 Å². The monoisotopic (exact) mass is 427 g/mol. The molecule has 4 rings (SSSR count). The van der Waals surface area contributed by atoms with Crippen molar-refractivity contribution in [1.82, 2.24) is 5.32 Å². The van der Waals surface area contributed by atoms with Crippen molar-refractivity contribution in [2.24, 2.45) is 4.99 Å². The summed E-state index contributed by atoms with van der Waals surface area (Å²) in [7, 11) is 0. The van der Waals surface area contributed by atoms with Gasteiger partial charge < -0.3 is 15.0 Å². The smallest absolute Gasteiger partial charge is 0.248 e. The molecular formula is C27H29N3O2. The van der Waals surface area contributed by atoms with E-state index in [2.05, 4.69) is 5.32 Å². The fourth-order valence-electron chi connectivity index (χ4n) is 3.88. The Bertz CT molecular complexity index is 1120. The zero-order chi connectivity index (χ0) is 22.7. The van der Waals surface area contributed by atoms with Gasteiger partial charge in [0.05, 0.1) is 12.3 Å². The lowest BCUT2D eigenvalue weighted by Gasteiger charge is -2.39. The lowest BCUT2D eigenvalue weighted by Crippen LogP contribution is -2.50. The number of hydrogen-bond acceptors (Lipinski definition) is 4. The number of benzene rings is 3. The van der Waals surface area contributed by atoms with Crippen LogP contribution in [0.4, 0.5) is 11.4 Å². The van der Waals surface area contributed by atoms with Crippen molar-refractivity contribution in [3.8, 4) is 5.75 Å². The predicted molar refractivity (Wildman–Crippen MR) is 130 cm³/mol. The SMILES string of the molecule is CCOc1ccc(N2C(c3ccccc3)=Nc3ccccc3C2C(=O)NC(C)(C)C)cc1. The van der Waals surface area contributed by atoms with Crippen LogP contribution >= 0.6 is 0 Å². The van der Waals surface area contributed by atoms with Crippen molar-refractivity contribution in [2.45, 2.75) is 39.3 Å². The average Bonchev–Trinajstić information content (AvgIpc) is 2.78. The molecule has 0 spiro atoms. The van der Waals surface area contributed by atoms with E-state index in [1.165, 1.54) is 0 Å². The van der Waals surface area contributed by atoms with Gasteiger partial charge in [-0.3, -0.25) is 4.79 Å². The summed E-state index contributed by atoms with van der Waals surface area (Å²) in [5.41, 5.74) is 3.15. The summed E-state index contributed by atoms with van der Waals surface area (Å²) in [6, 6.07) is 25.1. The molecular weight excluding hydrogens is 398 g/mol. The Morgan fingerprint density at radius 1 is 0.969 bits per heavy atom. The van der Waals surface area contributed by atoms with Crippen molar-refractivity contribution >= 4 is 23.1 Å². The number of rotatable bonds is 5. The van der Waals surface area contributed by atoms with E-state index in [1.807, 2.05) is 111 Å². The van der Waals surface area contributed by atoms with Crippen LogP contribution < -0.4 is 15.0 Å². The van der Waals surface area contributed by atoms with Crippen molar-refractivity contribution < 1.29 is 9.53 Å². The van der Waals surface area contributed by atoms with Crippen molar-refractivity contribution in [2.75, 3.05) is 11.5 Å². The van der Waals surface area contributed by atoms with Crippen LogP contribution in [0.25, 0.3) is 0 Å². The van der Waals surface area contributed by atoms with E-state index in [1.54, 1.807) is 0 Å². The second-order valence-corrected chi connectivity index (χ2v) is 8.80. The molecule has 5 nitrogen and oxygen atoms in total. The van der Waals surface area contributed by atoms with Crippen LogP contribution in [-0.4, -0.2) is 23.9 Å². The molecule has 1 amide bonds. The van der Waals surface area contributed by atoms with Gasteiger partial charge in [-0.25, -0.2) is 4.99 Å². The minimum atomic E-state index is -0.559. The maximum Gasteiger partial charge on any atom is 0.248 e. The molecule has 3 aromatic carbocycles. The van der Waals surface area contributed by atoms with Gasteiger partial charge in [0.2, 0.25) is 5.91 Å². The van der Waals surface area contributed by atoms with E-state index in [4.69, 9.17) is 9.73 Å². The number of fused-ring (bicyclic) bond motifs is 1. The second kappa shape index (κ2) is 8.87. The predicted octanol–water partition coefficient (Wildman–Crippen LogP) is 5.64. The number of ether oxygens (including phenoxy) is 1. The molecule has 0 aliphatic carbocycles. The molecule has 5 heteroatoms. The van der Waals surface area contributed by atoms with Crippen LogP contribution in [0.3, 0.4) is 0 Å². The number of carbonyl (C=O) groups excluding carboxylic acids is 1. The molecule has 1 atom stereocenters. The van der Waals surface area contributed by atoms with Crippen LogP contribution in [-0.2, 0) is 4.79 Å². The molecule has 1 aliphatic heterocycles. The Morgan fingerprint density at radius 2 is 1.62 bits per heavy atom. The van der Waals surface area contributed by atoms with E-state index in [-0.39, 0.29) is 11.4 Å². The summed E-state index contributed by atoms with van der Waals surface area (Å²) in [5, 5.41) is 3.17. The number of para-hydroxylation sites is 1. The molecule has 164 valence electrons. The van der Waals surface area contributed by atoms with Crippen LogP contribution in [0.1, 0.15) is 44.9 Å². The molecule has 0 saturated heterocycles.